The van der Waals surface area contributed by atoms with Gasteiger partial charge in [0, 0.05) is 39.6 Å². The maximum Gasteiger partial charge on any atom is 0.242 e. The summed E-state index contributed by atoms with van der Waals surface area (Å²) in [6.07, 6.45) is 13.1. The van der Waals surface area contributed by atoms with Gasteiger partial charge in [-0.3, -0.25) is 9.78 Å². The van der Waals surface area contributed by atoms with Crippen LogP contribution in [0.25, 0.3) is 0 Å². The zero-order valence-corrected chi connectivity index (χ0v) is 15.0. The van der Waals surface area contributed by atoms with E-state index in [0.717, 1.165) is 50.3 Å². The van der Waals surface area contributed by atoms with Crippen molar-refractivity contribution < 1.29 is 4.79 Å². The zero-order chi connectivity index (χ0) is 17.6. The minimum absolute atomic E-state index is 0.175. The van der Waals surface area contributed by atoms with Crippen molar-refractivity contribution in [1.29, 1.82) is 0 Å². The normalized spacial score (nSPS) is 18.0. The Bertz CT molecular complexity index is 667. The number of hydrogen-bond acceptors (Lipinski definition) is 5. The molecule has 1 amide bonds. The Kier molecular flexibility index (Phi) is 5.63. The van der Waals surface area contributed by atoms with Gasteiger partial charge in [-0.15, -0.1) is 0 Å². The Labute approximate surface area is 148 Å². The molecule has 0 aliphatic carbocycles. The van der Waals surface area contributed by atoms with Crippen molar-refractivity contribution >= 4 is 11.7 Å². The van der Waals surface area contributed by atoms with Crippen molar-refractivity contribution in [1.82, 2.24) is 24.4 Å². The number of likely N-dealkylation sites (tertiary alicyclic amines) is 1. The number of anilines is 1. The average Bonchev–Trinajstić information content (AvgIpc) is 2.99. The molecule has 1 aliphatic rings. The number of nitrogens with zero attached hydrogens (tertiary/aromatic N) is 6. The van der Waals surface area contributed by atoms with Crippen LogP contribution in [-0.2, 0) is 17.8 Å². The quantitative estimate of drug-likeness (QED) is 0.826. The topological polar surface area (TPSA) is 67.2 Å². The predicted molar refractivity (Wildman–Crippen MR) is 96.2 cm³/mol. The maximum absolute atomic E-state index is 12.4. The van der Waals surface area contributed by atoms with Gasteiger partial charge in [0.2, 0.25) is 5.91 Å². The first-order chi connectivity index (χ1) is 12.1. The van der Waals surface area contributed by atoms with E-state index < -0.39 is 0 Å². The van der Waals surface area contributed by atoms with Crippen molar-refractivity contribution in [2.24, 2.45) is 5.92 Å². The molecule has 3 heterocycles. The third-order valence-electron chi connectivity index (χ3n) is 4.73. The number of carbonyl (C=O) groups excluding carboxylic acids is 1. The van der Waals surface area contributed by atoms with Crippen LogP contribution in [0, 0.1) is 5.92 Å². The summed E-state index contributed by atoms with van der Waals surface area (Å²) in [4.78, 5) is 29.3. The smallest absolute Gasteiger partial charge is 0.242 e. The summed E-state index contributed by atoms with van der Waals surface area (Å²) < 4.78 is 1.83. The second-order valence-electron chi connectivity index (χ2n) is 6.88. The molecule has 2 aromatic rings. The van der Waals surface area contributed by atoms with Crippen LogP contribution in [0.3, 0.4) is 0 Å². The first-order valence-electron chi connectivity index (χ1n) is 8.83. The maximum atomic E-state index is 12.4. The lowest BCUT2D eigenvalue weighted by atomic mass is 9.95. The first kappa shape index (κ1) is 17.4. The first-order valence-corrected chi connectivity index (χ1v) is 8.83. The lowest BCUT2D eigenvalue weighted by Gasteiger charge is -2.21. The Morgan fingerprint density at radius 2 is 2.12 bits per heavy atom. The van der Waals surface area contributed by atoms with Crippen molar-refractivity contribution in [2.45, 2.75) is 32.2 Å². The van der Waals surface area contributed by atoms with Crippen LogP contribution in [0.4, 0.5) is 5.82 Å². The van der Waals surface area contributed by atoms with Gasteiger partial charge >= 0.3 is 0 Å². The van der Waals surface area contributed by atoms with Crippen LogP contribution >= 0.6 is 0 Å². The molecule has 2 aromatic heterocycles. The molecule has 0 N–H and O–H groups in total. The van der Waals surface area contributed by atoms with Crippen LogP contribution in [0.2, 0.25) is 0 Å². The number of carbonyl (C=O) groups is 1. The van der Waals surface area contributed by atoms with Crippen LogP contribution in [-0.4, -0.2) is 57.5 Å². The van der Waals surface area contributed by atoms with E-state index in [1.165, 1.54) is 0 Å². The fraction of sp³-hybridized carbons (Fsp3) is 0.556. The SMILES string of the molecule is CN(C)c1cnc(C[C@H]2CCCN(C(=O)Cn3ccnc3)CC2)cn1. The van der Waals surface area contributed by atoms with Gasteiger partial charge in [-0.25, -0.2) is 9.97 Å². The lowest BCUT2D eigenvalue weighted by Crippen LogP contribution is -2.34. The monoisotopic (exact) mass is 342 g/mol. The number of rotatable bonds is 5. The van der Waals surface area contributed by atoms with Gasteiger partial charge in [0.1, 0.15) is 12.4 Å². The van der Waals surface area contributed by atoms with E-state index in [0.29, 0.717) is 12.5 Å². The van der Waals surface area contributed by atoms with Crippen molar-refractivity contribution in [3.8, 4) is 0 Å². The molecule has 0 saturated carbocycles. The van der Waals surface area contributed by atoms with Gasteiger partial charge < -0.3 is 14.4 Å². The number of imidazole rings is 1. The fourth-order valence-corrected chi connectivity index (χ4v) is 3.24. The summed E-state index contributed by atoms with van der Waals surface area (Å²) in [7, 11) is 3.93. The summed E-state index contributed by atoms with van der Waals surface area (Å²) in [5.41, 5.74) is 1.04. The van der Waals surface area contributed by atoms with Crippen LogP contribution < -0.4 is 4.90 Å². The molecular formula is C18H26N6O. The molecule has 25 heavy (non-hydrogen) atoms. The molecule has 3 rings (SSSR count). The average molecular weight is 342 g/mol. The van der Waals surface area contributed by atoms with Crippen molar-refractivity contribution in [2.75, 3.05) is 32.1 Å². The van der Waals surface area contributed by atoms with E-state index >= 15 is 0 Å². The zero-order valence-electron chi connectivity index (χ0n) is 15.0. The molecule has 7 nitrogen and oxygen atoms in total. The molecule has 1 fully saturated rings. The summed E-state index contributed by atoms with van der Waals surface area (Å²) in [5, 5.41) is 0. The minimum Gasteiger partial charge on any atom is -0.361 e. The van der Waals surface area contributed by atoms with Gasteiger partial charge in [-0.1, -0.05) is 0 Å². The van der Waals surface area contributed by atoms with Gasteiger partial charge in [0.15, 0.2) is 0 Å². The lowest BCUT2D eigenvalue weighted by molar-refractivity contribution is -0.131. The van der Waals surface area contributed by atoms with E-state index in [-0.39, 0.29) is 5.91 Å². The minimum atomic E-state index is 0.175. The Hall–Kier alpha value is -2.44. The molecule has 0 radical (unpaired) electrons. The predicted octanol–water partition coefficient (Wildman–Crippen LogP) is 1.61. The van der Waals surface area contributed by atoms with Crippen molar-refractivity contribution in [3.63, 3.8) is 0 Å². The molecule has 0 bridgehead atoms. The van der Waals surface area contributed by atoms with Crippen LogP contribution in [0.15, 0.2) is 31.1 Å². The van der Waals surface area contributed by atoms with Gasteiger partial charge in [0.25, 0.3) is 0 Å². The Morgan fingerprint density at radius 3 is 2.80 bits per heavy atom. The number of hydrogen-bond donors (Lipinski definition) is 0. The second-order valence-corrected chi connectivity index (χ2v) is 6.88. The molecule has 1 aliphatic heterocycles. The van der Waals surface area contributed by atoms with Gasteiger partial charge in [-0.2, -0.15) is 0 Å². The van der Waals surface area contributed by atoms with Crippen LogP contribution in [0.5, 0.6) is 0 Å². The van der Waals surface area contributed by atoms with E-state index in [1.807, 2.05) is 47.1 Å². The summed E-state index contributed by atoms with van der Waals surface area (Å²) >= 11 is 0. The summed E-state index contributed by atoms with van der Waals surface area (Å²) in [5.74, 6) is 1.61. The van der Waals surface area contributed by atoms with E-state index in [2.05, 4.69) is 15.0 Å². The molecular weight excluding hydrogens is 316 g/mol. The summed E-state index contributed by atoms with van der Waals surface area (Å²) in [6.45, 7) is 2.04. The highest BCUT2D eigenvalue weighted by Gasteiger charge is 2.21. The molecule has 1 atom stereocenters. The number of amides is 1. The highest BCUT2D eigenvalue weighted by atomic mass is 16.2. The molecule has 1 saturated heterocycles. The molecule has 0 spiro atoms. The third kappa shape index (κ3) is 4.78. The molecule has 0 aromatic carbocycles. The Balaban J connectivity index is 1.51. The van der Waals surface area contributed by atoms with Gasteiger partial charge in [-0.05, 0) is 31.6 Å². The van der Waals surface area contributed by atoms with E-state index in [9.17, 15) is 4.79 Å². The number of aromatic nitrogens is 4. The third-order valence-corrected chi connectivity index (χ3v) is 4.73. The highest BCUT2D eigenvalue weighted by molar-refractivity contribution is 5.76. The van der Waals surface area contributed by atoms with E-state index in [4.69, 9.17) is 0 Å². The molecule has 7 heteroatoms. The molecule has 0 unspecified atom stereocenters. The van der Waals surface area contributed by atoms with Crippen molar-refractivity contribution in [3.05, 3.63) is 36.8 Å². The fourth-order valence-electron chi connectivity index (χ4n) is 3.24. The summed E-state index contributed by atoms with van der Waals surface area (Å²) in [6, 6.07) is 0. The van der Waals surface area contributed by atoms with E-state index in [1.54, 1.807) is 12.5 Å². The molecule has 134 valence electrons. The van der Waals surface area contributed by atoms with Crippen LogP contribution in [0.1, 0.15) is 25.0 Å². The van der Waals surface area contributed by atoms with Gasteiger partial charge in [0.05, 0.1) is 24.4 Å². The highest BCUT2D eigenvalue weighted by Crippen LogP contribution is 2.21. The Morgan fingerprint density at radius 1 is 1.24 bits per heavy atom. The second kappa shape index (κ2) is 8.09. The largest absolute Gasteiger partial charge is 0.361 e. The standard InChI is InChI=1S/C18H26N6O/c1-22(2)17-12-20-16(11-21-17)10-15-4-3-7-24(8-5-15)18(25)13-23-9-6-19-14-23/h6,9,11-12,14-15H,3-5,7-8,10,13H2,1-2H3/t15-/m0/s1.